The van der Waals surface area contributed by atoms with Crippen molar-refractivity contribution in [2.45, 2.75) is 64.0 Å². The van der Waals surface area contributed by atoms with E-state index in [0.717, 1.165) is 32.1 Å². The lowest BCUT2D eigenvalue weighted by molar-refractivity contribution is -0.121. The SMILES string of the molecule is CCC(C)NC(=O)CCNCC1(O)CCCC1. The smallest absolute Gasteiger partial charge is 0.221 e. The van der Waals surface area contributed by atoms with Crippen LogP contribution in [0.25, 0.3) is 0 Å². The van der Waals surface area contributed by atoms with Crippen LogP contribution in [0.15, 0.2) is 0 Å². The van der Waals surface area contributed by atoms with Crippen LogP contribution in [0.1, 0.15) is 52.4 Å². The van der Waals surface area contributed by atoms with E-state index in [1.807, 2.05) is 6.92 Å². The molecule has 0 radical (unpaired) electrons. The Morgan fingerprint density at radius 2 is 2.06 bits per heavy atom. The Morgan fingerprint density at radius 3 is 2.65 bits per heavy atom. The summed E-state index contributed by atoms with van der Waals surface area (Å²) in [6, 6.07) is 0.251. The highest BCUT2D eigenvalue weighted by Gasteiger charge is 2.30. The van der Waals surface area contributed by atoms with Crippen molar-refractivity contribution in [3.8, 4) is 0 Å². The second kappa shape index (κ2) is 6.97. The number of hydrogen-bond acceptors (Lipinski definition) is 3. The number of hydrogen-bond donors (Lipinski definition) is 3. The molecule has 0 bridgehead atoms. The van der Waals surface area contributed by atoms with E-state index in [9.17, 15) is 9.90 Å². The van der Waals surface area contributed by atoms with Crippen molar-refractivity contribution in [2.75, 3.05) is 13.1 Å². The molecule has 0 aliphatic heterocycles. The monoisotopic (exact) mass is 242 g/mol. The van der Waals surface area contributed by atoms with E-state index in [1.54, 1.807) is 0 Å². The van der Waals surface area contributed by atoms with Gasteiger partial charge in [0.15, 0.2) is 0 Å². The van der Waals surface area contributed by atoms with Crippen LogP contribution in [0.4, 0.5) is 0 Å². The van der Waals surface area contributed by atoms with Gasteiger partial charge in [-0.3, -0.25) is 4.79 Å². The van der Waals surface area contributed by atoms with Crippen LogP contribution < -0.4 is 10.6 Å². The van der Waals surface area contributed by atoms with Gasteiger partial charge in [0.2, 0.25) is 5.91 Å². The molecule has 1 saturated carbocycles. The highest BCUT2D eigenvalue weighted by molar-refractivity contribution is 5.76. The molecule has 1 rings (SSSR count). The van der Waals surface area contributed by atoms with Gasteiger partial charge in [0.1, 0.15) is 0 Å². The van der Waals surface area contributed by atoms with Gasteiger partial charge in [-0.05, 0) is 26.2 Å². The summed E-state index contributed by atoms with van der Waals surface area (Å²) in [6.45, 7) is 5.32. The third kappa shape index (κ3) is 5.50. The van der Waals surface area contributed by atoms with E-state index in [1.165, 1.54) is 0 Å². The second-order valence-corrected chi connectivity index (χ2v) is 5.24. The zero-order valence-electron chi connectivity index (χ0n) is 11.1. The topological polar surface area (TPSA) is 61.4 Å². The Hall–Kier alpha value is -0.610. The third-order valence-corrected chi connectivity index (χ3v) is 3.54. The van der Waals surface area contributed by atoms with E-state index in [4.69, 9.17) is 0 Å². The second-order valence-electron chi connectivity index (χ2n) is 5.24. The molecule has 1 fully saturated rings. The van der Waals surface area contributed by atoms with Gasteiger partial charge in [0.25, 0.3) is 0 Å². The third-order valence-electron chi connectivity index (χ3n) is 3.54. The maximum atomic E-state index is 11.5. The van der Waals surface area contributed by atoms with Crippen LogP contribution in [0.5, 0.6) is 0 Å². The number of amides is 1. The number of nitrogens with one attached hydrogen (secondary N) is 2. The predicted molar refractivity (Wildman–Crippen MR) is 68.8 cm³/mol. The highest BCUT2D eigenvalue weighted by Crippen LogP contribution is 2.28. The van der Waals surface area contributed by atoms with Gasteiger partial charge in [-0.2, -0.15) is 0 Å². The first-order chi connectivity index (χ1) is 8.06. The molecule has 0 saturated heterocycles. The van der Waals surface area contributed by atoms with Crippen molar-refractivity contribution in [1.29, 1.82) is 0 Å². The van der Waals surface area contributed by atoms with Gasteiger partial charge in [-0.1, -0.05) is 19.8 Å². The summed E-state index contributed by atoms with van der Waals surface area (Å²) in [5.74, 6) is 0.0882. The summed E-state index contributed by atoms with van der Waals surface area (Å²) in [5.41, 5.74) is -0.521. The molecule has 4 heteroatoms. The van der Waals surface area contributed by atoms with Gasteiger partial charge in [-0.15, -0.1) is 0 Å². The molecule has 0 spiro atoms. The summed E-state index contributed by atoms with van der Waals surface area (Å²) in [6.07, 6.45) is 5.46. The minimum atomic E-state index is -0.521. The van der Waals surface area contributed by atoms with Crippen molar-refractivity contribution in [2.24, 2.45) is 0 Å². The quantitative estimate of drug-likeness (QED) is 0.588. The van der Waals surface area contributed by atoms with E-state index in [2.05, 4.69) is 17.6 Å². The van der Waals surface area contributed by atoms with E-state index in [-0.39, 0.29) is 11.9 Å². The minimum absolute atomic E-state index is 0.0882. The lowest BCUT2D eigenvalue weighted by Gasteiger charge is -2.22. The average Bonchev–Trinajstić information content (AvgIpc) is 2.72. The van der Waals surface area contributed by atoms with Gasteiger partial charge in [-0.25, -0.2) is 0 Å². The van der Waals surface area contributed by atoms with Crippen molar-refractivity contribution >= 4 is 5.91 Å². The van der Waals surface area contributed by atoms with Crippen molar-refractivity contribution in [1.82, 2.24) is 10.6 Å². The molecule has 0 aromatic carbocycles. The fourth-order valence-electron chi connectivity index (χ4n) is 2.18. The van der Waals surface area contributed by atoms with E-state index >= 15 is 0 Å². The maximum Gasteiger partial charge on any atom is 0.221 e. The molecular formula is C13H26N2O2. The molecule has 0 heterocycles. The first-order valence-electron chi connectivity index (χ1n) is 6.78. The maximum absolute atomic E-state index is 11.5. The molecule has 0 aromatic heterocycles. The highest BCUT2D eigenvalue weighted by atomic mass is 16.3. The van der Waals surface area contributed by atoms with Gasteiger partial charge < -0.3 is 15.7 Å². The molecule has 0 aromatic rings. The summed E-state index contributed by atoms with van der Waals surface area (Å²) in [5, 5.41) is 16.2. The summed E-state index contributed by atoms with van der Waals surface area (Å²) in [7, 11) is 0. The fourth-order valence-corrected chi connectivity index (χ4v) is 2.18. The Bertz CT molecular complexity index is 238. The van der Waals surface area contributed by atoms with Crippen LogP contribution >= 0.6 is 0 Å². The first-order valence-corrected chi connectivity index (χ1v) is 6.78. The zero-order chi connectivity index (χ0) is 12.7. The average molecular weight is 242 g/mol. The Labute approximate surface area is 104 Å². The van der Waals surface area contributed by atoms with Crippen molar-refractivity contribution in [3.05, 3.63) is 0 Å². The molecule has 17 heavy (non-hydrogen) atoms. The summed E-state index contributed by atoms with van der Waals surface area (Å²) < 4.78 is 0. The standard InChI is InChI=1S/C13H26N2O2/c1-3-11(2)15-12(16)6-9-14-10-13(17)7-4-5-8-13/h11,14,17H,3-10H2,1-2H3,(H,15,16). The van der Waals surface area contributed by atoms with Crippen molar-refractivity contribution < 1.29 is 9.90 Å². The molecule has 1 unspecified atom stereocenters. The molecule has 1 atom stereocenters. The molecule has 1 aliphatic carbocycles. The minimum Gasteiger partial charge on any atom is -0.389 e. The number of carbonyl (C=O) groups excluding carboxylic acids is 1. The Morgan fingerprint density at radius 1 is 1.41 bits per heavy atom. The van der Waals surface area contributed by atoms with E-state index in [0.29, 0.717) is 19.5 Å². The molecular weight excluding hydrogens is 216 g/mol. The fraction of sp³-hybridized carbons (Fsp3) is 0.923. The number of aliphatic hydroxyl groups is 1. The molecule has 1 amide bonds. The van der Waals surface area contributed by atoms with Crippen LogP contribution in [0.2, 0.25) is 0 Å². The Kier molecular flexibility index (Phi) is 5.92. The predicted octanol–water partition coefficient (Wildman–Crippen LogP) is 1.19. The Balaban J connectivity index is 2.05. The van der Waals surface area contributed by atoms with Crippen LogP contribution in [-0.2, 0) is 4.79 Å². The van der Waals surface area contributed by atoms with Gasteiger partial charge >= 0.3 is 0 Å². The van der Waals surface area contributed by atoms with E-state index < -0.39 is 5.60 Å². The zero-order valence-corrected chi connectivity index (χ0v) is 11.1. The van der Waals surface area contributed by atoms with Gasteiger partial charge in [0, 0.05) is 25.6 Å². The van der Waals surface area contributed by atoms with Crippen molar-refractivity contribution in [3.63, 3.8) is 0 Å². The number of carbonyl (C=O) groups is 1. The lowest BCUT2D eigenvalue weighted by atomic mass is 10.0. The molecule has 3 N–H and O–H groups in total. The lowest BCUT2D eigenvalue weighted by Crippen LogP contribution is -2.40. The van der Waals surface area contributed by atoms with Crippen LogP contribution in [-0.4, -0.2) is 35.7 Å². The molecule has 1 aliphatic rings. The molecule has 4 nitrogen and oxygen atoms in total. The first kappa shape index (κ1) is 14.5. The summed E-state index contributed by atoms with van der Waals surface area (Å²) >= 11 is 0. The summed E-state index contributed by atoms with van der Waals surface area (Å²) in [4.78, 5) is 11.5. The molecule has 100 valence electrons. The largest absolute Gasteiger partial charge is 0.389 e. The normalized spacial score (nSPS) is 20.2. The van der Waals surface area contributed by atoms with Gasteiger partial charge in [0.05, 0.1) is 5.60 Å². The number of rotatable bonds is 7. The van der Waals surface area contributed by atoms with Crippen LogP contribution in [0, 0.1) is 0 Å². The van der Waals surface area contributed by atoms with Crippen LogP contribution in [0.3, 0.4) is 0 Å².